The number of hydrogen-bond acceptors (Lipinski definition) is 3. The van der Waals surface area contributed by atoms with Crippen LogP contribution in [0.1, 0.15) is 13.3 Å². The van der Waals surface area contributed by atoms with E-state index in [1.54, 1.807) is 19.1 Å². The molecule has 0 saturated carbocycles. The Labute approximate surface area is 71.3 Å². The Morgan fingerprint density at radius 3 is 2.67 bits per heavy atom. The highest BCUT2D eigenvalue weighted by Crippen LogP contribution is 2.06. The van der Waals surface area contributed by atoms with Crippen LogP contribution in [-0.4, -0.2) is 23.3 Å². The zero-order valence-electron chi connectivity index (χ0n) is 6.93. The third-order valence-electron chi connectivity index (χ3n) is 1.44. The van der Waals surface area contributed by atoms with E-state index >= 15 is 0 Å². The number of allylic oxidation sites excluding steroid dienone is 2. The van der Waals surface area contributed by atoms with Gasteiger partial charge in [0, 0.05) is 0 Å². The summed E-state index contributed by atoms with van der Waals surface area (Å²) in [6, 6.07) is 0. The van der Waals surface area contributed by atoms with Crippen molar-refractivity contribution in [2.45, 2.75) is 25.6 Å². The van der Waals surface area contributed by atoms with Crippen molar-refractivity contribution in [3.8, 4) is 0 Å². The molecule has 1 aliphatic carbocycles. The number of aliphatic hydroxyl groups excluding tert-OH is 1. The second-order valence-electron chi connectivity index (χ2n) is 2.78. The molecule has 0 radical (unpaired) electrons. The summed E-state index contributed by atoms with van der Waals surface area (Å²) in [6.07, 6.45) is 6.38. The molecule has 0 spiro atoms. The maximum absolute atomic E-state index is 11.0. The first-order chi connectivity index (χ1) is 5.68. The fourth-order valence-corrected chi connectivity index (χ4v) is 0.931. The van der Waals surface area contributed by atoms with Crippen LogP contribution in [0.5, 0.6) is 0 Å². The van der Waals surface area contributed by atoms with E-state index < -0.39 is 6.10 Å². The summed E-state index contributed by atoms with van der Waals surface area (Å²) in [4.78, 5) is 11.0. The molecule has 0 aromatic heterocycles. The van der Waals surface area contributed by atoms with Gasteiger partial charge in [-0.2, -0.15) is 0 Å². The van der Waals surface area contributed by atoms with Crippen LogP contribution in [0.15, 0.2) is 24.3 Å². The molecule has 0 heterocycles. The molecule has 0 aromatic carbocycles. The maximum Gasteiger partial charge on any atom is 0.309 e. The SMILES string of the molecule is CC(O)CC(=O)OC1C=CC=C1. The lowest BCUT2D eigenvalue weighted by atomic mass is 10.3. The Kier molecular flexibility index (Phi) is 3.05. The quantitative estimate of drug-likeness (QED) is 0.634. The number of esters is 1. The minimum absolute atomic E-state index is 0.0538. The van der Waals surface area contributed by atoms with Crippen LogP contribution in [0.2, 0.25) is 0 Å². The second kappa shape index (κ2) is 4.07. The smallest absolute Gasteiger partial charge is 0.309 e. The molecule has 66 valence electrons. The van der Waals surface area contributed by atoms with Crippen LogP contribution in [0, 0.1) is 0 Å². The highest BCUT2D eigenvalue weighted by molar-refractivity contribution is 5.70. The zero-order chi connectivity index (χ0) is 8.97. The van der Waals surface area contributed by atoms with E-state index in [9.17, 15) is 4.79 Å². The average molecular weight is 168 g/mol. The van der Waals surface area contributed by atoms with E-state index in [0.29, 0.717) is 0 Å². The van der Waals surface area contributed by atoms with Crippen molar-refractivity contribution in [1.82, 2.24) is 0 Å². The van der Waals surface area contributed by atoms with Crippen LogP contribution in [0.25, 0.3) is 0 Å². The van der Waals surface area contributed by atoms with Crippen molar-refractivity contribution in [1.29, 1.82) is 0 Å². The van der Waals surface area contributed by atoms with Gasteiger partial charge in [0.05, 0.1) is 12.5 Å². The van der Waals surface area contributed by atoms with E-state index in [1.807, 2.05) is 12.2 Å². The number of carbonyl (C=O) groups is 1. The molecule has 0 saturated heterocycles. The number of hydrogen-bond donors (Lipinski definition) is 1. The third-order valence-corrected chi connectivity index (χ3v) is 1.44. The summed E-state index contributed by atoms with van der Waals surface area (Å²) < 4.78 is 4.95. The molecule has 1 N–H and O–H groups in total. The van der Waals surface area contributed by atoms with Crippen LogP contribution in [-0.2, 0) is 9.53 Å². The molecular formula is C9H12O3. The first kappa shape index (κ1) is 9.00. The molecular weight excluding hydrogens is 156 g/mol. The lowest BCUT2D eigenvalue weighted by molar-refractivity contribution is -0.146. The minimum atomic E-state index is -0.633. The molecule has 3 nitrogen and oxygen atoms in total. The van der Waals surface area contributed by atoms with E-state index in [2.05, 4.69) is 0 Å². The lowest BCUT2D eigenvalue weighted by Crippen LogP contribution is -2.17. The van der Waals surface area contributed by atoms with Crippen molar-refractivity contribution in [3.63, 3.8) is 0 Å². The predicted octanol–water partition coefficient (Wildman–Crippen LogP) is 0.795. The molecule has 0 amide bonds. The van der Waals surface area contributed by atoms with Crippen LogP contribution in [0.4, 0.5) is 0 Å². The van der Waals surface area contributed by atoms with Gasteiger partial charge >= 0.3 is 5.97 Å². The van der Waals surface area contributed by atoms with Gasteiger partial charge in [0.1, 0.15) is 6.10 Å². The summed E-state index contributed by atoms with van der Waals surface area (Å²) in [5, 5.41) is 8.86. The average Bonchev–Trinajstić information content (AvgIpc) is 2.37. The van der Waals surface area contributed by atoms with Crippen molar-refractivity contribution >= 4 is 5.97 Å². The number of ether oxygens (including phenoxy) is 1. The molecule has 1 rings (SSSR count). The van der Waals surface area contributed by atoms with Gasteiger partial charge < -0.3 is 9.84 Å². The van der Waals surface area contributed by atoms with Gasteiger partial charge in [-0.05, 0) is 19.1 Å². The lowest BCUT2D eigenvalue weighted by Gasteiger charge is -2.08. The normalized spacial score (nSPS) is 18.2. The molecule has 1 atom stereocenters. The van der Waals surface area contributed by atoms with Crippen molar-refractivity contribution < 1.29 is 14.6 Å². The molecule has 1 unspecified atom stereocenters. The Hall–Kier alpha value is -1.09. The summed E-state index contributed by atoms with van der Waals surface area (Å²) in [5.41, 5.74) is 0. The molecule has 12 heavy (non-hydrogen) atoms. The summed E-state index contributed by atoms with van der Waals surface area (Å²) in [6.45, 7) is 1.56. The fourth-order valence-electron chi connectivity index (χ4n) is 0.931. The van der Waals surface area contributed by atoms with Crippen LogP contribution >= 0.6 is 0 Å². The highest BCUT2D eigenvalue weighted by Gasteiger charge is 2.12. The van der Waals surface area contributed by atoms with E-state index in [1.165, 1.54) is 0 Å². The molecule has 0 bridgehead atoms. The van der Waals surface area contributed by atoms with E-state index in [-0.39, 0.29) is 18.5 Å². The van der Waals surface area contributed by atoms with Gasteiger partial charge in [0.25, 0.3) is 0 Å². The van der Waals surface area contributed by atoms with E-state index in [0.717, 1.165) is 0 Å². The number of aliphatic hydroxyl groups is 1. The highest BCUT2D eigenvalue weighted by atomic mass is 16.5. The van der Waals surface area contributed by atoms with Crippen molar-refractivity contribution in [2.24, 2.45) is 0 Å². The van der Waals surface area contributed by atoms with Gasteiger partial charge in [-0.25, -0.2) is 0 Å². The molecule has 0 fully saturated rings. The first-order valence-corrected chi connectivity index (χ1v) is 3.91. The molecule has 0 aromatic rings. The van der Waals surface area contributed by atoms with Gasteiger partial charge in [-0.1, -0.05) is 12.2 Å². The fraction of sp³-hybridized carbons (Fsp3) is 0.444. The largest absolute Gasteiger partial charge is 0.454 e. The molecule has 3 heteroatoms. The zero-order valence-corrected chi connectivity index (χ0v) is 6.93. The summed E-state index contributed by atoms with van der Waals surface area (Å²) in [7, 11) is 0. The second-order valence-corrected chi connectivity index (χ2v) is 2.78. The topological polar surface area (TPSA) is 46.5 Å². The molecule has 0 aliphatic heterocycles. The number of rotatable bonds is 3. The van der Waals surface area contributed by atoms with Gasteiger partial charge in [0.2, 0.25) is 0 Å². The maximum atomic E-state index is 11.0. The first-order valence-electron chi connectivity index (χ1n) is 3.91. The number of carbonyl (C=O) groups excluding carboxylic acids is 1. The third kappa shape index (κ3) is 2.88. The minimum Gasteiger partial charge on any atom is -0.454 e. The van der Waals surface area contributed by atoms with Gasteiger partial charge in [-0.15, -0.1) is 0 Å². The van der Waals surface area contributed by atoms with Crippen molar-refractivity contribution in [2.75, 3.05) is 0 Å². The monoisotopic (exact) mass is 168 g/mol. The van der Waals surface area contributed by atoms with Crippen molar-refractivity contribution in [3.05, 3.63) is 24.3 Å². The van der Waals surface area contributed by atoms with Gasteiger partial charge in [-0.3, -0.25) is 4.79 Å². The molecule has 1 aliphatic rings. The van der Waals surface area contributed by atoms with Crippen LogP contribution in [0.3, 0.4) is 0 Å². The Balaban J connectivity index is 2.26. The summed E-state index contributed by atoms with van der Waals surface area (Å²) in [5.74, 6) is -0.369. The standard InChI is InChI=1S/C9H12O3/c1-7(10)6-9(11)12-8-4-2-3-5-8/h2-5,7-8,10H,6H2,1H3. The Morgan fingerprint density at radius 1 is 1.58 bits per heavy atom. The van der Waals surface area contributed by atoms with Gasteiger partial charge in [0.15, 0.2) is 0 Å². The summed E-state index contributed by atoms with van der Waals surface area (Å²) >= 11 is 0. The Morgan fingerprint density at radius 2 is 2.17 bits per heavy atom. The Bertz CT molecular complexity index is 204. The van der Waals surface area contributed by atoms with Crippen LogP contribution < -0.4 is 0 Å². The predicted molar refractivity (Wildman–Crippen MR) is 44.5 cm³/mol. The van der Waals surface area contributed by atoms with E-state index in [4.69, 9.17) is 9.84 Å².